The Kier molecular flexibility index (Phi) is 10.4. The largest absolute Gasteiger partial charge is 0.478 e. The lowest BCUT2D eigenvalue weighted by Crippen LogP contribution is -2.40. The highest BCUT2D eigenvalue weighted by molar-refractivity contribution is 5.85. The number of hydrogen-bond donors (Lipinski definition) is 2. The third kappa shape index (κ3) is 11.0. The topological polar surface area (TPSA) is 49.3 Å². The third-order valence-corrected chi connectivity index (χ3v) is 3.74. The van der Waals surface area contributed by atoms with Gasteiger partial charge in [-0.15, -0.1) is 0 Å². The van der Waals surface area contributed by atoms with Crippen molar-refractivity contribution < 1.29 is 9.90 Å². The van der Waals surface area contributed by atoms with Crippen LogP contribution in [0.4, 0.5) is 0 Å². The number of rotatable bonds is 13. The Balaban J connectivity index is 3.58. The van der Waals surface area contributed by atoms with E-state index in [-0.39, 0.29) is 11.1 Å². The van der Waals surface area contributed by atoms with Crippen molar-refractivity contribution in [1.82, 2.24) is 5.32 Å². The molecule has 2 N–H and O–H groups in total. The maximum Gasteiger partial charge on any atom is 0.330 e. The average Bonchev–Trinajstić information content (AvgIpc) is 2.37. The van der Waals surface area contributed by atoms with Crippen molar-refractivity contribution in [2.45, 2.75) is 84.1 Å². The van der Waals surface area contributed by atoms with E-state index in [0.717, 1.165) is 6.42 Å². The van der Waals surface area contributed by atoms with E-state index in [4.69, 9.17) is 5.11 Å². The highest BCUT2D eigenvalue weighted by Crippen LogP contribution is 2.16. The van der Waals surface area contributed by atoms with Gasteiger partial charge in [-0.1, -0.05) is 58.4 Å². The van der Waals surface area contributed by atoms with Crippen molar-refractivity contribution >= 4 is 5.97 Å². The molecule has 118 valence electrons. The minimum atomic E-state index is -0.892. The van der Waals surface area contributed by atoms with Crippen LogP contribution in [0.2, 0.25) is 0 Å². The van der Waals surface area contributed by atoms with Crippen LogP contribution in [0.25, 0.3) is 0 Å². The molecule has 0 aliphatic heterocycles. The predicted octanol–water partition coefficient (Wildman–Crippen LogP) is 4.53. The number of nitrogens with one attached hydrogen (secondary N) is 1. The molecule has 3 nitrogen and oxygen atoms in total. The maximum atomic E-state index is 10.6. The molecule has 3 heteroatoms. The summed E-state index contributed by atoms with van der Waals surface area (Å²) in [6.45, 7) is 10.9. The Labute approximate surface area is 124 Å². The Bertz CT molecular complexity index is 285. The fourth-order valence-corrected chi connectivity index (χ4v) is 2.27. The first kappa shape index (κ1) is 19.2. The van der Waals surface area contributed by atoms with Gasteiger partial charge in [-0.2, -0.15) is 0 Å². The lowest BCUT2D eigenvalue weighted by molar-refractivity contribution is -0.132. The van der Waals surface area contributed by atoms with Crippen LogP contribution in [0.1, 0.15) is 78.6 Å². The minimum Gasteiger partial charge on any atom is -0.478 e. The van der Waals surface area contributed by atoms with Gasteiger partial charge >= 0.3 is 5.97 Å². The molecule has 0 aliphatic rings. The molecule has 20 heavy (non-hydrogen) atoms. The van der Waals surface area contributed by atoms with E-state index in [1.807, 2.05) is 0 Å². The SMILES string of the molecule is C=C(CCNC(C)(C)CCCCCCCCC)C(=O)O. The van der Waals surface area contributed by atoms with Gasteiger partial charge in [-0.05, 0) is 33.2 Å². The van der Waals surface area contributed by atoms with Gasteiger partial charge < -0.3 is 10.4 Å². The number of carbonyl (C=O) groups is 1. The predicted molar refractivity (Wildman–Crippen MR) is 86.1 cm³/mol. The van der Waals surface area contributed by atoms with E-state index in [2.05, 4.69) is 32.7 Å². The monoisotopic (exact) mass is 283 g/mol. The zero-order valence-corrected chi connectivity index (χ0v) is 13.6. The van der Waals surface area contributed by atoms with E-state index >= 15 is 0 Å². The average molecular weight is 283 g/mol. The first-order valence-corrected chi connectivity index (χ1v) is 8.05. The summed E-state index contributed by atoms with van der Waals surface area (Å²) in [7, 11) is 0. The third-order valence-electron chi connectivity index (χ3n) is 3.74. The quantitative estimate of drug-likeness (QED) is 0.386. The zero-order valence-electron chi connectivity index (χ0n) is 13.6. The summed E-state index contributed by atoms with van der Waals surface area (Å²) in [5.74, 6) is -0.892. The fraction of sp³-hybridized carbons (Fsp3) is 0.824. The van der Waals surface area contributed by atoms with Crippen LogP contribution in [0.3, 0.4) is 0 Å². The Morgan fingerprint density at radius 3 is 2.20 bits per heavy atom. The molecule has 0 aromatic carbocycles. The van der Waals surface area contributed by atoms with Gasteiger partial charge in [-0.3, -0.25) is 0 Å². The van der Waals surface area contributed by atoms with Crippen LogP contribution in [0.5, 0.6) is 0 Å². The van der Waals surface area contributed by atoms with Crippen molar-refractivity contribution in [3.8, 4) is 0 Å². The van der Waals surface area contributed by atoms with Gasteiger partial charge in [0, 0.05) is 11.1 Å². The Hall–Kier alpha value is -0.830. The molecule has 0 atom stereocenters. The molecule has 0 fully saturated rings. The van der Waals surface area contributed by atoms with Crippen molar-refractivity contribution in [1.29, 1.82) is 0 Å². The van der Waals surface area contributed by atoms with Crippen LogP contribution < -0.4 is 5.32 Å². The molecule has 0 aliphatic carbocycles. The minimum absolute atomic E-state index is 0.0855. The molecular formula is C17H33NO2. The van der Waals surface area contributed by atoms with Gasteiger partial charge in [0.2, 0.25) is 0 Å². The van der Waals surface area contributed by atoms with Gasteiger partial charge in [0.25, 0.3) is 0 Å². The van der Waals surface area contributed by atoms with Crippen LogP contribution in [0, 0.1) is 0 Å². The Morgan fingerprint density at radius 2 is 1.65 bits per heavy atom. The van der Waals surface area contributed by atoms with Gasteiger partial charge in [-0.25, -0.2) is 4.79 Å². The second-order valence-corrected chi connectivity index (χ2v) is 6.34. The first-order valence-electron chi connectivity index (χ1n) is 8.05. The van der Waals surface area contributed by atoms with Crippen LogP contribution >= 0.6 is 0 Å². The molecule has 0 spiro atoms. The van der Waals surface area contributed by atoms with Crippen LogP contribution in [-0.4, -0.2) is 23.2 Å². The normalized spacial score (nSPS) is 11.6. The van der Waals surface area contributed by atoms with Crippen LogP contribution in [-0.2, 0) is 4.79 Å². The molecule has 0 radical (unpaired) electrons. The molecule has 0 bridgehead atoms. The van der Waals surface area contributed by atoms with E-state index in [9.17, 15) is 4.79 Å². The molecule has 0 amide bonds. The number of unbranched alkanes of at least 4 members (excludes halogenated alkanes) is 6. The number of carboxylic acids is 1. The second kappa shape index (κ2) is 10.9. The first-order chi connectivity index (χ1) is 9.39. The molecular weight excluding hydrogens is 250 g/mol. The standard InChI is InChI=1S/C17H33NO2/c1-5-6-7-8-9-10-11-13-17(3,4)18-14-12-15(2)16(19)20/h18H,2,5-14H2,1,3-4H3,(H,19,20). The van der Waals surface area contributed by atoms with E-state index in [1.165, 1.54) is 44.9 Å². The van der Waals surface area contributed by atoms with Gasteiger partial charge in [0.05, 0.1) is 0 Å². The summed E-state index contributed by atoms with van der Waals surface area (Å²) in [5.41, 5.74) is 0.367. The molecule has 0 heterocycles. The van der Waals surface area contributed by atoms with E-state index < -0.39 is 5.97 Å². The molecule has 0 rings (SSSR count). The summed E-state index contributed by atoms with van der Waals surface area (Å²) in [5, 5.41) is 12.2. The number of carboxylic acid groups (broad SMARTS) is 1. The molecule has 0 aromatic heterocycles. The van der Waals surface area contributed by atoms with E-state index in [0.29, 0.717) is 13.0 Å². The van der Waals surface area contributed by atoms with Gasteiger partial charge in [0.1, 0.15) is 0 Å². The smallest absolute Gasteiger partial charge is 0.330 e. The van der Waals surface area contributed by atoms with Crippen molar-refractivity contribution in [2.75, 3.05) is 6.54 Å². The number of hydrogen-bond acceptors (Lipinski definition) is 2. The highest BCUT2D eigenvalue weighted by atomic mass is 16.4. The van der Waals surface area contributed by atoms with Crippen LogP contribution in [0.15, 0.2) is 12.2 Å². The van der Waals surface area contributed by atoms with Crippen molar-refractivity contribution in [3.63, 3.8) is 0 Å². The maximum absolute atomic E-state index is 10.6. The lowest BCUT2D eigenvalue weighted by Gasteiger charge is -2.26. The molecule has 0 saturated carbocycles. The molecule has 0 unspecified atom stereocenters. The lowest BCUT2D eigenvalue weighted by atomic mass is 9.95. The highest BCUT2D eigenvalue weighted by Gasteiger charge is 2.16. The summed E-state index contributed by atoms with van der Waals surface area (Å²) in [4.78, 5) is 10.6. The summed E-state index contributed by atoms with van der Waals surface area (Å²) in [6.07, 6.45) is 10.9. The molecule has 0 saturated heterocycles. The second-order valence-electron chi connectivity index (χ2n) is 6.34. The Morgan fingerprint density at radius 1 is 1.10 bits per heavy atom. The number of aliphatic carboxylic acids is 1. The zero-order chi connectivity index (χ0) is 15.4. The summed E-state index contributed by atoms with van der Waals surface area (Å²) < 4.78 is 0. The summed E-state index contributed by atoms with van der Waals surface area (Å²) >= 11 is 0. The molecule has 0 aromatic rings. The van der Waals surface area contributed by atoms with E-state index in [1.54, 1.807) is 0 Å². The summed E-state index contributed by atoms with van der Waals surface area (Å²) in [6, 6.07) is 0. The fourth-order valence-electron chi connectivity index (χ4n) is 2.27. The van der Waals surface area contributed by atoms with Crippen molar-refractivity contribution in [2.24, 2.45) is 0 Å². The van der Waals surface area contributed by atoms with Crippen molar-refractivity contribution in [3.05, 3.63) is 12.2 Å². The van der Waals surface area contributed by atoms with Gasteiger partial charge in [0.15, 0.2) is 0 Å².